The fourth-order valence-electron chi connectivity index (χ4n) is 2.03. The molecule has 106 valence electrons. The van der Waals surface area contributed by atoms with Gasteiger partial charge in [0.1, 0.15) is 0 Å². The first-order valence-corrected chi connectivity index (χ1v) is 6.10. The van der Waals surface area contributed by atoms with Gasteiger partial charge < -0.3 is 14.8 Å². The summed E-state index contributed by atoms with van der Waals surface area (Å²) in [6, 6.07) is 3.90. The van der Waals surface area contributed by atoms with Crippen LogP contribution in [0.15, 0.2) is 22.6 Å². The van der Waals surface area contributed by atoms with Crippen molar-refractivity contribution in [2.75, 3.05) is 0 Å². The van der Waals surface area contributed by atoms with Crippen LogP contribution in [0.2, 0.25) is 0 Å². The molecule has 0 bridgehead atoms. The zero-order valence-corrected chi connectivity index (χ0v) is 11.1. The van der Waals surface area contributed by atoms with Gasteiger partial charge in [0.25, 0.3) is 5.91 Å². The predicted molar refractivity (Wildman–Crippen MR) is 70.1 cm³/mol. The molecular formula is C14H14FNO4. The van der Waals surface area contributed by atoms with Crippen molar-refractivity contribution in [3.8, 4) is 0 Å². The highest BCUT2D eigenvalue weighted by molar-refractivity contribution is 5.99. The number of halogens is 1. The van der Waals surface area contributed by atoms with Crippen molar-refractivity contribution in [1.82, 2.24) is 5.32 Å². The maximum absolute atomic E-state index is 13.6. The quantitative estimate of drug-likeness (QED) is 0.901. The van der Waals surface area contributed by atoms with E-state index < -0.39 is 23.7 Å². The van der Waals surface area contributed by atoms with Gasteiger partial charge in [0, 0.05) is 17.0 Å². The minimum absolute atomic E-state index is 0.00217. The number of nitrogens with one attached hydrogen (secondary N) is 1. The van der Waals surface area contributed by atoms with E-state index in [1.165, 1.54) is 12.1 Å². The van der Waals surface area contributed by atoms with Gasteiger partial charge in [-0.1, -0.05) is 12.1 Å². The second-order valence-corrected chi connectivity index (χ2v) is 4.65. The van der Waals surface area contributed by atoms with Crippen LogP contribution in [0, 0.1) is 12.7 Å². The monoisotopic (exact) mass is 279 g/mol. The molecule has 0 aliphatic heterocycles. The van der Waals surface area contributed by atoms with Gasteiger partial charge in [0.05, 0.1) is 6.42 Å². The Morgan fingerprint density at radius 1 is 1.45 bits per heavy atom. The van der Waals surface area contributed by atoms with Crippen LogP contribution in [0.4, 0.5) is 4.39 Å². The van der Waals surface area contributed by atoms with Gasteiger partial charge in [-0.25, -0.2) is 4.39 Å². The minimum Gasteiger partial charge on any atom is -0.481 e. The number of aryl methyl sites for hydroxylation is 1. The van der Waals surface area contributed by atoms with Crippen molar-refractivity contribution < 1.29 is 23.5 Å². The number of carboxylic acids is 1. The molecule has 0 aliphatic rings. The number of amides is 1. The van der Waals surface area contributed by atoms with E-state index >= 15 is 0 Å². The lowest BCUT2D eigenvalue weighted by molar-refractivity contribution is -0.137. The van der Waals surface area contributed by atoms with Crippen LogP contribution in [0.25, 0.3) is 11.0 Å². The number of aliphatic carboxylic acids is 1. The highest BCUT2D eigenvalue weighted by Crippen LogP contribution is 2.27. The number of hydrogen-bond acceptors (Lipinski definition) is 3. The maximum Gasteiger partial charge on any atom is 0.305 e. The Bertz CT molecular complexity index is 677. The average Bonchev–Trinajstić information content (AvgIpc) is 2.67. The molecule has 1 aromatic carbocycles. The lowest BCUT2D eigenvalue weighted by Crippen LogP contribution is -2.34. The van der Waals surface area contributed by atoms with Gasteiger partial charge in [0.2, 0.25) is 0 Å². The van der Waals surface area contributed by atoms with Gasteiger partial charge in [0.15, 0.2) is 17.2 Å². The van der Waals surface area contributed by atoms with E-state index in [1.807, 2.05) is 0 Å². The number of carboxylic acid groups (broad SMARTS) is 1. The third kappa shape index (κ3) is 2.64. The molecule has 0 radical (unpaired) electrons. The lowest BCUT2D eigenvalue weighted by Gasteiger charge is -2.10. The molecule has 2 rings (SSSR count). The van der Waals surface area contributed by atoms with Crippen molar-refractivity contribution in [2.45, 2.75) is 26.3 Å². The molecule has 1 aromatic heterocycles. The van der Waals surface area contributed by atoms with Gasteiger partial charge >= 0.3 is 5.97 Å². The topological polar surface area (TPSA) is 79.5 Å². The number of benzene rings is 1. The average molecular weight is 279 g/mol. The summed E-state index contributed by atoms with van der Waals surface area (Å²) in [6.45, 7) is 3.23. The highest BCUT2D eigenvalue weighted by Gasteiger charge is 2.21. The maximum atomic E-state index is 13.6. The third-order valence-electron chi connectivity index (χ3n) is 2.98. The smallest absolute Gasteiger partial charge is 0.305 e. The summed E-state index contributed by atoms with van der Waals surface area (Å²) in [5.74, 6) is -2.09. The minimum atomic E-state index is -1.01. The molecule has 2 aromatic rings. The molecule has 0 saturated heterocycles. The van der Waals surface area contributed by atoms with Crippen LogP contribution in [-0.2, 0) is 4.79 Å². The second kappa shape index (κ2) is 5.32. The van der Waals surface area contributed by atoms with Crippen LogP contribution in [0.1, 0.15) is 29.5 Å². The van der Waals surface area contributed by atoms with E-state index in [1.54, 1.807) is 19.9 Å². The van der Waals surface area contributed by atoms with Crippen LogP contribution in [0.5, 0.6) is 0 Å². The summed E-state index contributed by atoms with van der Waals surface area (Å²) in [6.07, 6.45) is -0.195. The first-order valence-electron chi connectivity index (χ1n) is 6.10. The number of para-hydroxylation sites is 1. The van der Waals surface area contributed by atoms with Crippen molar-refractivity contribution in [3.63, 3.8) is 0 Å². The summed E-state index contributed by atoms with van der Waals surface area (Å²) >= 11 is 0. The molecule has 2 N–H and O–H groups in total. The lowest BCUT2D eigenvalue weighted by atomic mass is 10.1. The number of carbonyl (C=O) groups is 2. The SMILES string of the molecule is Cc1c(C(=O)NC(C)CC(=O)O)oc2c(F)cccc12. The highest BCUT2D eigenvalue weighted by atomic mass is 19.1. The molecule has 6 heteroatoms. The van der Waals surface area contributed by atoms with Gasteiger partial charge in [-0.05, 0) is 19.9 Å². The van der Waals surface area contributed by atoms with Crippen LogP contribution in [-0.4, -0.2) is 23.0 Å². The second-order valence-electron chi connectivity index (χ2n) is 4.65. The Kier molecular flexibility index (Phi) is 3.74. The zero-order chi connectivity index (χ0) is 14.9. The summed E-state index contributed by atoms with van der Waals surface area (Å²) in [5.41, 5.74) is 0.556. The molecule has 20 heavy (non-hydrogen) atoms. The molecule has 0 spiro atoms. The van der Waals surface area contributed by atoms with E-state index in [0.717, 1.165) is 0 Å². The number of fused-ring (bicyclic) bond motifs is 1. The predicted octanol–water partition coefficient (Wildman–Crippen LogP) is 2.47. The van der Waals surface area contributed by atoms with E-state index in [0.29, 0.717) is 10.9 Å². The Morgan fingerprint density at radius 3 is 2.75 bits per heavy atom. The number of hydrogen-bond donors (Lipinski definition) is 2. The molecular weight excluding hydrogens is 265 g/mol. The molecule has 1 heterocycles. The fourth-order valence-corrected chi connectivity index (χ4v) is 2.03. The summed E-state index contributed by atoms with van der Waals surface area (Å²) in [4.78, 5) is 22.6. The molecule has 0 saturated carbocycles. The summed E-state index contributed by atoms with van der Waals surface area (Å²) in [5, 5.41) is 11.7. The van der Waals surface area contributed by atoms with E-state index in [-0.39, 0.29) is 17.8 Å². The van der Waals surface area contributed by atoms with Gasteiger partial charge in [-0.2, -0.15) is 0 Å². The molecule has 0 fully saturated rings. The van der Waals surface area contributed by atoms with E-state index in [9.17, 15) is 14.0 Å². The first kappa shape index (κ1) is 14.0. The molecule has 1 atom stereocenters. The zero-order valence-electron chi connectivity index (χ0n) is 11.1. The molecule has 0 aliphatic carbocycles. The van der Waals surface area contributed by atoms with Crippen LogP contribution >= 0.6 is 0 Å². The van der Waals surface area contributed by atoms with Crippen molar-refractivity contribution in [3.05, 3.63) is 35.3 Å². The largest absolute Gasteiger partial charge is 0.481 e. The van der Waals surface area contributed by atoms with Gasteiger partial charge in [-0.3, -0.25) is 9.59 Å². The number of furan rings is 1. The third-order valence-corrected chi connectivity index (χ3v) is 2.98. The first-order chi connectivity index (χ1) is 9.40. The Balaban J connectivity index is 2.29. The van der Waals surface area contributed by atoms with Crippen molar-refractivity contribution in [2.24, 2.45) is 0 Å². The molecule has 5 nitrogen and oxygen atoms in total. The Morgan fingerprint density at radius 2 is 2.15 bits per heavy atom. The fraction of sp³-hybridized carbons (Fsp3) is 0.286. The van der Waals surface area contributed by atoms with E-state index in [4.69, 9.17) is 9.52 Å². The molecule has 1 unspecified atom stereocenters. The standard InChI is InChI=1S/C14H14FNO4/c1-7(6-11(17)18)16-14(19)12-8(2)9-4-3-5-10(15)13(9)20-12/h3-5,7H,6H2,1-2H3,(H,16,19)(H,17,18). The van der Waals surface area contributed by atoms with Crippen LogP contribution in [0.3, 0.4) is 0 Å². The van der Waals surface area contributed by atoms with Gasteiger partial charge in [-0.15, -0.1) is 0 Å². The Labute approximate surface area is 114 Å². The van der Waals surface area contributed by atoms with Crippen molar-refractivity contribution >= 4 is 22.8 Å². The Hall–Kier alpha value is -2.37. The summed E-state index contributed by atoms with van der Waals surface area (Å²) in [7, 11) is 0. The number of carbonyl (C=O) groups excluding carboxylic acids is 1. The van der Waals surface area contributed by atoms with Crippen molar-refractivity contribution in [1.29, 1.82) is 0 Å². The van der Waals surface area contributed by atoms with Crippen LogP contribution < -0.4 is 5.32 Å². The van der Waals surface area contributed by atoms with E-state index in [2.05, 4.69) is 5.32 Å². The summed E-state index contributed by atoms with van der Waals surface area (Å²) < 4.78 is 18.8. The number of rotatable bonds is 4. The normalized spacial score (nSPS) is 12.3. The molecule has 1 amide bonds.